The van der Waals surface area contributed by atoms with Gasteiger partial charge in [0.1, 0.15) is 17.5 Å². The second-order valence-corrected chi connectivity index (χ2v) is 13.1. The fourth-order valence-electron chi connectivity index (χ4n) is 4.14. The van der Waals surface area contributed by atoms with Crippen molar-refractivity contribution in [1.82, 2.24) is 5.32 Å². The molecule has 0 bridgehead atoms. The molecule has 1 N–H and O–H groups in total. The Kier molecular flexibility index (Phi) is 7.42. The lowest BCUT2D eigenvalue weighted by Gasteiger charge is -2.25. The van der Waals surface area contributed by atoms with E-state index in [0.717, 1.165) is 5.56 Å². The molecule has 3 atom stereocenters. The Bertz CT molecular complexity index is 1260. The number of carbonyl (C=O) groups excluding carboxylic acids is 2. The van der Waals surface area contributed by atoms with Crippen molar-refractivity contribution in [2.45, 2.75) is 50.1 Å². The molecule has 2 heterocycles. The minimum absolute atomic E-state index is 0.0309. The number of carbonyl (C=O) groups is 2. The number of aliphatic imine (C=N–C) groups is 1. The summed E-state index contributed by atoms with van der Waals surface area (Å²) in [5.74, 6) is -1.14. The molecular formula is C25H28FN3O5S2. The van der Waals surface area contributed by atoms with E-state index in [1.54, 1.807) is 25.7 Å². The fraction of sp³-hybridized carbons (Fsp3) is 0.400. The van der Waals surface area contributed by atoms with E-state index >= 15 is 0 Å². The molecule has 2 aliphatic rings. The number of hydrogen-bond acceptors (Lipinski definition) is 6. The summed E-state index contributed by atoms with van der Waals surface area (Å²) in [5, 5.41) is 2.64. The van der Waals surface area contributed by atoms with Gasteiger partial charge in [-0.25, -0.2) is 17.6 Å². The quantitative estimate of drug-likeness (QED) is 0.627. The van der Waals surface area contributed by atoms with Crippen molar-refractivity contribution in [3.05, 3.63) is 66.0 Å². The Labute approximate surface area is 214 Å². The van der Waals surface area contributed by atoms with Crippen LogP contribution >= 0.6 is 11.8 Å². The van der Waals surface area contributed by atoms with Gasteiger partial charge >= 0.3 is 6.09 Å². The van der Waals surface area contributed by atoms with Crippen molar-refractivity contribution >= 4 is 44.5 Å². The molecule has 36 heavy (non-hydrogen) atoms. The summed E-state index contributed by atoms with van der Waals surface area (Å²) >= 11 is 1.21. The first-order valence-electron chi connectivity index (χ1n) is 11.5. The summed E-state index contributed by atoms with van der Waals surface area (Å²) in [7, 11) is -3.25. The maximum absolute atomic E-state index is 13.6. The Morgan fingerprint density at radius 1 is 1.14 bits per heavy atom. The van der Waals surface area contributed by atoms with Gasteiger partial charge in [0.25, 0.3) is 5.91 Å². The predicted molar refractivity (Wildman–Crippen MR) is 138 cm³/mol. The molecule has 2 fully saturated rings. The van der Waals surface area contributed by atoms with Gasteiger partial charge in [0.2, 0.25) is 0 Å². The Hall–Kier alpha value is -2.92. The first-order chi connectivity index (χ1) is 16.9. The molecule has 0 spiro atoms. The van der Waals surface area contributed by atoms with Crippen LogP contribution < -0.4 is 10.2 Å². The van der Waals surface area contributed by atoms with Gasteiger partial charge in [0, 0.05) is 17.4 Å². The van der Waals surface area contributed by atoms with Crippen molar-refractivity contribution in [1.29, 1.82) is 0 Å². The van der Waals surface area contributed by atoms with Crippen LogP contribution in [0.15, 0.2) is 59.6 Å². The monoisotopic (exact) mass is 533 g/mol. The molecule has 2 saturated heterocycles. The summed E-state index contributed by atoms with van der Waals surface area (Å²) < 4.78 is 43.5. The number of amides is 2. The maximum Gasteiger partial charge on any atom is 0.408 e. The third kappa shape index (κ3) is 6.44. The molecule has 0 aliphatic carbocycles. The molecule has 0 saturated carbocycles. The van der Waals surface area contributed by atoms with Crippen LogP contribution in [0.25, 0.3) is 0 Å². The van der Waals surface area contributed by atoms with Crippen LogP contribution in [-0.4, -0.2) is 60.0 Å². The Balaban J connectivity index is 1.64. The van der Waals surface area contributed by atoms with Gasteiger partial charge in [-0.3, -0.25) is 4.79 Å². The highest BCUT2D eigenvalue weighted by Crippen LogP contribution is 2.41. The van der Waals surface area contributed by atoms with Crippen molar-refractivity contribution in [3.63, 3.8) is 0 Å². The summed E-state index contributed by atoms with van der Waals surface area (Å²) in [6, 6.07) is 13.4. The van der Waals surface area contributed by atoms with Gasteiger partial charge in [-0.05, 0) is 50.6 Å². The second kappa shape index (κ2) is 10.2. The zero-order valence-corrected chi connectivity index (χ0v) is 21.8. The van der Waals surface area contributed by atoms with E-state index in [0.29, 0.717) is 10.9 Å². The van der Waals surface area contributed by atoms with E-state index in [1.165, 1.54) is 36.0 Å². The topological polar surface area (TPSA) is 105 Å². The van der Waals surface area contributed by atoms with E-state index in [1.807, 2.05) is 30.3 Å². The molecule has 4 rings (SSSR count). The Morgan fingerprint density at radius 3 is 2.44 bits per heavy atom. The summed E-state index contributed by atoms with van der Waals surface area (Å²) in [6.45, 7) is 5.18. The number of nitrogens with one attached hydrogen (secondary N) is 1. The van der Waals surface area contributed by atoms with Crippen LogP contribution in [0.4, 0.5) is 14.9 Å². The number of rotatable bonds is 5. The van der Waals surface area contributed by atoms with Crippen LogP contribution in [0.1, 0.15) is 26.3 Å². The lowest BCUT2D eigenvalue weighted by Crippen LogP contribution is -2.45. The third-order valence-corrected chi connectivity index (χ3v) is 8.86. The average molecular weight is 534 g/mol. The molecule has 2 amide bonds. The van der Waals surface area contributed by atoms with Crippen molar-refractivity contribution in [2.75, 3.05) is 16.4 Å². The van der Waals surface area contributed by atoms with Gasteiger partial charge in [0.15, 0.2) is 15.0 Å². The zero-order chi connectivity index (χ0) is 26.1. The fourth-order valence-corrected chi connectivity index (χ4v) is 8.06. The summed E-state index contributed by atoms with van der Waals surface area (Å²) in [4.78, 5) is 31.9. The van der Waals surface area contributed by atoms with Crippen molar-refractivity contribution in [3.8, 4) is 0 Å². The lowest BCUT2D eigenvalue weighted by atomic mass is 10.1. The SMILES string of the molecule is CC(C)(C)OC(=O)N[C@H](Cc1ccccc1)C(=O)N=C1S[C@@H]2CS(=O)(=O)C[C@H]2N1c1ccc(F)cc1. The minimum Gasteiger partial charge on any atom is -0.444 e. The molecule has 0 aromatic heterocycles. The van der Waals surface area contributed by atoms with Crippen LogP contribution in [0.3, 0.4) is 0 Å². The number of ether oxygens (including phenoxy) is 1. The number of amidine groups is 1. The number of nitrogens with zero attached hydrogens (tertiary/aromatic N) is 2. The molecule has 0 unspecified atom stereocenters. The third-order valence-electron chi connectivity index (χ3n) is 5.65. The Morgan fingerprint density at radius 2 is 1.81 bits per heavy atom. The molecule has 8 nitrogen and oxygen atoms in total. The van der Waals surface area contributed by atoms with Gasteiger partial charge in [0.05, 0.1) is 17.5 Å². The molecular weight excluding hydrogens is 505 g/mol. The van der Waals surface area contributed by atoms with Crippen LogP contribution in [0, 0.1) is 5.82 Å². The summed E-state index contributed by atoms with van der Waals surface area (Å²) in [6.07, 6.45) is -0.549. The van der Waals surface area contributed by atoms with Gasteiger partial charge < -0.3 is 15.0 Å². The normalized spacial score (nSPS) is 22.8. The number of halogens is 1. The number of fused-ring (bicyclic) bond motifs is 1. The zero-order valence-electron chi connectivity index (χ0n) is 20.2. The maximum atomic E-state index is 13.6. The van der Waals surface area contributed by atoms with Crippen LogP contribution in [0.2, 0.25) is 0 Å². The van der Waals surface area contributed by atoms with E-state index < -0.39 is 45.3 Å². The van der Waals surface area contributed by atoms with Crippen LogP contribution in [0.5, 0.6) is 0 Å². The highest BCUT2D eigenvalue weighted by Gasteiger charge is 2.49. The average Bonchev–Trinajstić information content (AvgIpc) is 3.24. The summed E-state index contributed by atoms with van der Waals surface area (Å²) in [5.41, 5.74) is 0.615. The molecule has 11 heteroatoms. The number of benzene rings is 2. The molecule has 192 valence electrons. The number of alkyl carbamates (subject to hydrolysis) is 1. The highest BCUT2D eigenvalue weighted by atomic mass is 32.2. The first-order valence-corrected chi connectivity index (χ1v) is 14.2. The predicted octanol–water partition coefficient (Wildman–Crippen LogP) is 3.56. The van der Waals surface area contributed by atoms with Crippen molar-refractivity contribution in [2.24, 2.45) is 4.99 Å². The van der Waals surface area contributed by atoms with E-state index in [9.17, 15) is 22.4 Å². The molecule has 0 radical (unpaired) electrons. The largest absolute Gasteiger partial charge is 0.444 e. The number of anilines is 1. The van der Waals surface area contributed by atoms with E-state index in [4.69, 9.17) is 4.74 Å². The smallest absolute Gasteiger partial charge is 0.408 e. The van der Waals surface area contributed by atoms with Gasteiger partial charge in [-0.15, -0.1) is 0 Å². The minimum atomic E-state index is -3.25. The lowest BCUT2D eigenvalue weighted by molar-refractivity contribution is -0.119. The first kappa shape index (κ1) is 26.2. The van der Waals surface area contributed by atoms with E-state index in [2.05, 4.69) is 10.3 Å². The molecule has 2 aromatic carbocycles. The second-order valence-electron chi connectivity index (χ2n) is 9.77. The van der Waals surface area contributed by atoms with Crippen LogP contribution in [-0.2, 0) is 25.8 Å². The van der Waals surface area contributed by atoms with Gasteiger partial charge in [-0.1, -0.05) is 42.1 Å². The highest BCUT2D eigenvalue weighted by molar-refractivity contribution is 8.16. The standard InChI is InChI=1S/C25H28FN3O5S2/c1-25(2,3)34-24(31)27-19(13-16-7-5-4-6-8-16)22(30)28-23-29(18-11-9-17(26)10-12-18)20-14-36(32,33)15-21(20)35-23/h4-12,19-21H,13-15H2,1-3H3,(H,27,31)/t19-,20-,21-/m1/s1. The number of hydrogen-bond donors (Lipinski definition) is 1. The van der Waals surface area contributed by atoms with E-state index in [-0.39, 0.29) is 23.2 Å². The van der Waals surface area contributed by atoms with Gasteiger partial charge in [-0.2, -0.15) is 4.99 Å². The van der Waals surface area contributed by atoms with Crippen molar-refractivity contribution < 1.29 is 27.1 Å². The number of sulfone groups is 1. The molecule has 2 aromatic rings. The molecule has 2 aliphatic heterocycles. The number of thioether (sulfide) groups is 1.